The van der Waals surface area contributed by atoms with Crippen molar-refractivity contribution in [3.63, 3.8) is 0 Å². The molecule has 4 rings (SSSR count). The molecule has 2 aliphatic rings. The van der Waals surface area contributed by atoms with E-state index in [0.29, 0.717) is 6.42 Å². The minimum absolute atomic E-state index is 0.246. The number of hydrogen-bond donors (Lipinski definition) is 0. The molecule has 2 heterocycles. The number of fused-ring (bicyclic) bond motifs is 1. The third-order valence-corrected chi connectivity index (χ3v) is 4.70. The first-order valence-corrected chi connectivity index (χ1v) is 8.14. The van der Waals surface area contributed by atoms with E-state index >= 15 is 0 Å². The quantitative estimate of drug-likeness (QED) is 0.804. The third kappa shape index (κ3) is 2.44. The minimum atomic E-state index is -0.246. The number of ether oxygens (including phenoxy) is 1. The first kappa shape index (κ1) is 14.8. The van der Waals surface area contributed by atoms with E-state index in [0.717, 1.165) is 42.1 Å². The van der Waals surface area contributed by atoms with Crippen LogP contribution in [0.25, 0.3) is 5.57 Å². The van der Waals surface area contributed by atoms with Crippen LogP contribution in [0.15, 0.2) is 70.0 Å². The Bertz CT molecular complexity index is 816. The Morgan fingerprint density at radius 2 is 2.00 bits per heavy atom. The van der Waals surface area contributed by atoms with Gasteiger partial charge in [0.15, 0.2) is 0 Å². The van der Waals surface area contributed by atoms with Crippen LogP contribution in [-0.4, -0.2) is 24.5 Å². The summed E-state index contributed by atoms with van der Waals surface area (Å²) in [6.07, 6.45) is 3.18. The Balaban J connectivity index is 1.72. The van der Waals surface area contributed by atoms with Gasteiger partial charge < -0.3 is 14.1 Å². The molecule has 1 fully saturated rings. The maximum absolute atomic E-state index is 12.3. The first-order valence-electron chi connectivity index (χ1n) is 8.14. The van der Waals surface area contributed by atoms with E-state index in [9.17, 15) is 4.79 Å². The molecule has 4 nitrogen and oxygen atoms in total. The molecule has 0 saturated carbocycles. The van der Waals surface area contributed by atoms with Gasteiger partial charge in [0.25, 0.3) is 0 Å². The zero-order valence-electron chi connectivity index (χ0n) is 13.6. The van der Waals surface area contributed by atoms with Crippen LogP contribution in [0, 0.1) is 0 Å². The summed E-state index contributed by atoms with van der Waals surface area (Å²) in [7, 11) is 1.44. The lowest BCUT2D eigenvalue weighted by atomic mass is 10.1. The number of likely N-dealkylation sites (tertiary alicyclic amines) is 1. The molecule has 4 heteroatoms. The number of allylic oxidation sites excluding steroid dienone is 2. The maximum Gasteiger partial charge on any atom is 0.336 e. The lowest BCUT2D eigenvalue weighted by Gasteiger charge is -2.21. The average molecular weight is 321 g/mol. The van der Waals surface area contributed by atoms with Crippen LogP contribution in [0.4, 0.5) is 0 Å². The lowest BCUT2D eigenvalue weighted by molar-refractivity contribution is -0.136. The van der Waals surface area contributed by atoms with Gasteiger partial charge in [-0.05, 0) is 29.7 Å². The molecule has 0 amide bonds. The van der Waals surface area contributed by atoms with Crippen LogP contribution in [0.2, 0.25) is 0 Å². The monoisotopic (exact) mass is 321 g/mol. The number of methoxy groups -OCH3 is 1. The van der Waals surface area contributed by atoms with Crippen molar-refractivity contribution in [3.05, 3.63) is 76.9 Å². The number of esters is 1. The number of nitrogens with zero attached hydrogens (tertiary/aromatic N) is 1. The molecule has 1 aliphatic heterocycles. The van der Waals surface area contributed by atoms with Crippen molar-refractivity contribution < 1.29 is 13.9 Å². The SMILES string of the molecule is COC(=O)C1=C2C(=C(c3ccco3)C1)CCN2Cc1ccccc1. The Hall–Kier alpha value is -2.75. The van der Waals surface area contributed by atoms with E-state index < -0.39 is 0 Å². The summed E-state index contributed by atoms with van der Waals surface area (Å²) in [5.74, 6) is 0.604. The predicted octanol–water partition coefficient (Wildman–Crippen LogP) is 3.77. The van der Waals surface area contributed by atoms with Gasteiger partial charge in [-0.1, -0.05) is 30.3 Å². The molecule has 0 radical (unpaired) electrons. The minimum Gasteiger partial charge on any atom is -0.466 e. The molecule has 0 bridgehead atoms. The fourth-order valence-electron chi connectivity index (χ4n) is 3.64. The summed E-state index contributed by atoms with van der Waals surface area (Å²) in [6.45, 7) is 1.70. The molecule has 0 atom stereocenters. The Labute approximate surface area is 141 Å². The van der Waals surface area contributed by atoms with Crippen molar-refractivity contribution in [1.82, 2.24) is 4.90 Å². The number of carbonyl (C=O) groups is 1. The van der Waals surface area contributed by atoms with Crippen molar-refractivity contribution in [1.29, 1.82) is 0 Å². The second kappa shape index (κ2) is 6.04. The molecule has 0 N–H and O–H groups in total. The highest BCUT2D eigenvalue weighted by atomic mass is 16.5. The summed E-state index contributed by atoms with van der Waals surface area (Å²) in [5.41, 5.74) is 5.36. The molecule has 1 saturated heterocycles. The van der Waals surface area contributed by atoms with Crippen LogP contribution < -0.4 is 0 Å². The summed E-state index contributed by atoms with van der Waals surface area (Å²) in [4.78, 5) is 14.6. The number of rotatable bonds is 4. The van der Waals surface area contributed by atoms with Gasteiger partial charge in [0.2, 0.25) is 0 Å². The number of carbonyl (C=O) groups excluding carboxylic acids is 1. The lowest BCUT2D eigenvalue weighted by Crippen LogP contribution is -2.20. The van der Waals surface area contributed by atoms with E-state index in [1.807, 2.05) is 30.3 Å². The second-order valence-electron chi connectivity index (χ2n) is 6.09. The fourth-order valence-corrected chi connectivity index (χ4v) is 3.64. The number of furan rings is 1. The topological polar surface area (TPSA) is 42.7 Å². The summed E-state index contributed by atoms with van der Waals surface area (Å²) < 4.78 is 10.6. The third-order valence-electron chi connectivity index (χ3n) is 4.70. The molecule has 122 valence electrons. The Morgan fingerprint density at radius 3 is 2.71 bits per heavy atom. The first-order chi connectivity index (χ1) is 11.8. The highest BCUT2D eigenvalue weighted by Crippen LogP contribution is 2.46. The summed E-state index contributed by atoms with van der Waals surface area (Å²) in [6, 6.07) is 14.2. The number of benzene rings is 1. The number of hydrogen-bond acceptors (Lipinski definition) is 4. The molecule has 1 aromatic carbocycles. The van der Waals surface area contributed by atoms with Crippen molar-refractivity contribution in [2.75, 3.05) is 13.7 Å². The molecule has 2 aromatic rings. The van der Waals surface area contributed by atoms with E-state index in [1.54, 1.807) is 6.26 Å². The zero-order chi connectivity index (χ0) is 16.5. The van der Waals surface area contributed by atoms with Crippen molar-refractivity contribution in [2.24, 2.45) is 0 Å². The fraction of sp³-hybridized carbons (Fsp3) is 0.250. The van der Waals surface area contributed by atoms with Crippen LogP contribution >= 0.6 is 0 Å². The van der Waals surface area contributed by atoms with Gasteiger partial charge in [-0.15, -0.1) is 0 Å². The van der Waals surface area contributed by atoms with E-state index in [2.05, 4.69) is 17.0 Å². The normalized spacial score (nSPS) is 16.8. The van der Waals surface area contributed by atoms with Crippen molar-refractivity contribution >= 4 is 11.5 Å². The van der Waals surface area contributed by atoms with Gasteiger partial charge in [-0.25, -0.2) is 4.79 Å². The Kier molecular flexibility index (Phi) is 3.73. The van der Waals surface area contributed by atoms with Gasteiger partial charge in [0, 0.05) is 25.1 Å². The highest BCUT2D eigenvalue weighted by Gasteiger charge is 2.37. The molecule has 1 aromatic heterocycles. The molecule has 1 aliphatic carbocycles. The van der Waals surface area contributed by atoms with Gasteiger partial charge in [-0.2, -0.15) is 0 Å². The van der Waals surface area contributed by atoms with Crippen LogP contribution in [0.5, 0.6) is 0 Å². The van der Waals surface area contributed by atoms with Gasteiger partial charge in [0.05, 0.1) is 24.6 Å². The highest BCUT2D eigenvalue weighted by molar-refractivity contribution is 5.97. The maximum atomic E-state index is 12.3. The standard InChI is InChI=1S/C20H19NO3/c1-23-20(22)17-12-16(18-8-5-11-24-18)15-9-10-21(19(15)17)13-14-6-3-2-4-7-14/h2-8,11H,9-10,12-13H2,1H3. The van der Waals surface area contributed by atoms with Crippen LogP contribution in [0.3, 0.4) is 0 Å². The largest absolute Gasteiger partial charge is 0.466 e. The van der Waals surface area contributed by atoms with E-state index in [1.165, 1.54) is 18.2 Å². The molecule has 24 heavy (non-hydrogen) atoms. The summed E-state index contributed by atoms with van der Waals surface area (Å²) in [5, 5.41) is 0. The van der Waals surface area contributed by atoms with Crippen molar-refractivity contribution in [3.8, 4) is 0 Å². The van der Waals surface area contributed by atoms with E-state index in [-0.39, 0.29) is 5.97 Å². The van der Waals surface area contributed by atoms with Gasteiger partial charge >= 0.3 is 5.97 Å². The predicted molar refractivity (Wildman–Crippen MR) is 90.8 cm³/mol. The summed E-state index contributed by atoms with van der Waals surface area (Å²) >= 11 is 0. The second-order valence-corrected chi connectivity index (χ2v) is 6.09. The van der Waals surface area contributed by atoms with Gasteiger partial charge in [0.1, 0.15) is 5.76 Å². The average Bonchev–Trinajstić information content (AvgIpc) is 3.33. The molecular formula is C20H19NO3. The van der Waals surface area contributed by atoms with E-state index in [4.69, 9.17) is 9.15 Å². The van der Waals surface area contributed by atoms with Crippen LogP contribution in [0.1, 0.15) is 24.2 Å². The molecule has 0 unspecified atom stereocenters. The smallest absolute Gasteiger partial charge is 0.336 e. The Morgan fingerprint density at radius 1 is 1.17 bits per heavy atom. The molecular weight excluding hydrogens is 302 g/mol. The zero-order valence-corrected chi connectivity index (χ0v) is 13.6. The van der Waals surface area contributed by atoms with Crippen molar-refractivity contribution in [2.45, 2.75) is 19.4 Å². The van der Waals surface area contributed by atoms with Gasteiger partial charge in [-0.3, -0.25) is 0 Å². The molecule has 0 spiro atoms. The van der Waals surface area contributed by atoms with Crippen LogP contribution in [-0.2, 0) is 16.1 Å².